The average Bonchev–Trinajstić information content (AvgIpc) is 3.34. The van der Waals surface area contributed by atoms with E-state index in [1.165, 1.54) is 22.8 Å². The van der Waals surface area contributed by atoms with Gasteiger partial charge in [-0.25, -0.2) is 18.1 Å². The Labute approximate surface area is 203 Å². The van der Waals surface area contributed by atoms with Gasteiger partial charge in [-0.2, -0.15) is 5.10 Å². The number of ether oxygens (including phenoxy) is 2. The van der Waals surface area contributed by atoms with E-state index in [0.29, 0.717) is 25.2 Å². The lowest BCUT2D eigenvalue weighted by Crippen LogP contribution is -2.34. The van der Waals surface area contributed by atoms with Crippen LogP contribution >= 0.6 is 0 Å². The number of hydrogen-bond donors (Lipinski definition) is 0. The first-order valence-corrected chi connectivity index (χ1v) is 11.8. The number of hydrogen-bond acceptors (Lipinski definition) is 5. The summed E-state index contributed by atoms with van der Waals surface area (Å²) in [6.45, 7) is 6.36. The molecule has 0 bridgehead atoms. The van der Waals surface area contributed by atoms with Crippen molar-refractivity contribution in [2.24, 2.45) is 7.05 Å². The zero-order valence-electron chi connectivity index (χ0n) is 20.7. The molecule has 3 aromatic rings. The molecule has 2 aliphatic rings. The number of carbonyl (C=O) groups is 1. The molecule has 1 aliphatic heterocycles. The fraction of sp³-hybridized carbons (Fsp3) is 0.462. The van der Waals surface area contributed by atoms with Crippen LogP contribution in [0.5, 0.6) is 0 Å². The lowest BCUT2D eigenvalue weighted by molar-refractivity contribution is 0.0535. The summed E-state index contributed by atoms with van der Waals surface area (Å²) in [5.41, 5.74) is 1.28. The van der Waals surface area contributed by atoms with E-state index in [-0.39, 0.29) is 16.9 Å². The predicted octanol–water partition coefficient (Wildman–Crippen LogP) is 5.15. The molecule has 1 fully saturated rings. The molecule has 3 heterocycles. The van der Waals surface area contributed by atoms with Gasteiger partial charge in [0, 0.05) is 45.4 Å². The summed E-state index contributed by atoms with van der Waals surface area (Å²) in [7, 11) is 3.60. The number of anilines is 1. The second-order valence-electron chi connectivity index (χ2n) is 10.3. The van der Waals surface area contributed by atoms with Crippen molar-refractivity contribution in [2.45, 2.75) is 57.8 Å². The molecule has 0 atom stereocenters. The van der Waals surface area contributed by atoms with Crippen LogP contribution in [0.15, 0.2) is 30.3 Å². The van der Waals surface area contributed by atoms with Gasteiger partial charge in [-0.3, -0.25) is 4.68 Å². The van der Waals surface area contributed by atoms with Crippen LogP contribution in [0, 0.1) is 11.6 Å². The minimum absolute atomic E-state index is 0.156. The van der Waals surface area contributed by atoms with Gasteiger partial charge in [0.1, 0.15) is 28.7 Å². The van der Waals surface area contributed by atoms with Crippen LogP contribution in [-0.4, -0.2) is 39.7 Å². The molecule has 0 N–H and O–H groups in total. The molecule has 9 heteroatoms. The quantitative estimate of drug-likeness (QED) is 0.513. The number of benzene rings is 1. The number of methoxy groups -OCH3 is 1. The number of fused-ring (bicyclic) bond motifs is 1. The molecule has 0 spiro atoms. The van der Waals surface area contributed by atoms with E-state index in [0.717, 1.165) is 29.9 Å². The third-order valence-electron chi connectivity index (χ3n) is 6.71. The lowest BCUT2D eigenvalue weighted by atomic mass is 10.1. The highest BCUT2D eigenvalue weighted by Gasteiger charge is 2.47. The van der Waals surface area contributed by atoms with Crippen LogP contribution in [0.1, 0.15) is 50.6 Å². The number of rotatable bonds is 4. The Hall–Kier alpha value is -3.20. The summed E-state index contributed by atoms with van der Waals surface area (Å²) in [5, 5.41) is 4.68. The van der Waals surface area contributed by atoms with Gasteiger partial charge >= 0.3 is 6.09 Å². The summed E-state index contributed by atoms with van der Waals surface area (Å²) in [6, 6.07) is 7.43. The first kappa shape index (κ1) is 23.5. The van der Waals surface area contributed by atoms with E-state index in [9.17, 15) is 13.6 Å². The van der Waals surface area contributed by atoms with Crippen LogP contribution in [0.3, 0.4) is 0 Å². The van der Waals surface area contributed by atoms with Crippen LogP contribution in [0.25, 0.3) is 11.3 Å². The molecule has 1 aliphatic carbocycles. The summed E-state index contributed by atoms with van der Waals surface area (Å²) in [5.74, 6) is -0.531. The van der Waals surface area contributed by atoms with E-state index in [1.54, 1.807) is 33.9 Å². The number of carbonyl (C=O) groups excluding carboxylic acids is 1. The lowest BCUT2D eigenvalue weighted by Gasteiger charge is -2.29. The van der Waals surface area contributed by atoms with Crippen molar-refractivity contribution in [3.05, 3.63) is 58.9 Å². The van der Waals surface area contributed by atoms with Crippen molar-refractivity contribution < 1.29 is 23.0 Å². The molecule has 2 aromatic heterocycles. The fourth-order valence-electron chi connectivity index (χ4n) is 4.83. The maximum absolute atomic E-state index is 14.8. The average molecular weight is 485 g/mol. The van der Waals surface area contributed by atoms with E-state index < -0.39 is 23.3 Å². The van der Waals surface area contributed by atoms with E-state index in [2.05, 4.69) is 10.00 Å². The Morgan fingerprint density at radius 2 is 1.83 bits per heavy atom. The second-order valence-corrected chi connectivity index (χ2v) is 10.3. The standard InChI is InChI=1S/C26H30F2N4O3/c1-25(2,3)35-24(33)32-19-9-12-31(22-14-21(29-30(22)4)26(34-5)10-11-26)15-16(19)13-20(32)23-17(27)7-6-8-18(23)28/h6-8,13-14H,9-12,15H2,1-5H3. The highest BCUT2D eigenvalue weighted by molar-refractivity contribution is 5.81. The highest BCUT2D eigenvalue weighted by atomic mass is 19.1. The number of nitrogens with zero attached hydrogens (tertiary/aromatic N) is 4. The van der Waals surface area contributed by atoms with Gasteiger partial charge in [-0.05, 0) is 57.4 Å². The molecule has 5 rings (SSSR count). The number of halogens is 2. The smallest absolute Gasteiger partial charge is 0.419 e. The topological polar surface area (TPSA) is 61.5 Å². The Morgan fingerprint density at radius 3 is 2.43 bits per heavy atom. The fourth-order valence-corrected chi connectivity index (χ4v) is 4.83. The van der Waals surface area contributed by atoms with E-state index in [1.807, 2.05) is 17.8 Å². The molecule has 0 unspecified atom stereocenters. The molecule has 35 heavy (non-hydrogen) atoms. The molecule has 186 valence electrons. The maximum atomic E-state index is 14.8. The van der Waals surface area contributed by atoms with Crippen LogP contribution in [0.4, 0.5) is 19.4 Å². The van der Waals surface area contributed by atoms with Gasteiger partial charge in [0.25, 0.3) is 0 Å². The van der Waals surface area contributed by atoms with Gasteiger partial charge in [0.05, 0.1) is 17.0 Å². The third kappa shape index (κ3) is 4.11. The van der Waals surface area contributed by atoms with Gasteiger partial charge in [0.2, 0.25) is 0 Å². The van der Waals surface area contributed by atoms with Crippen LogP contribution < -0.4 is 4.90 Å². The van der Waals surface area contributed by atoms with Gasteiger partial charge < -0.3 is 14.4 Å². The van der Waals surface area contributed by atoms with Crippen LogP contribution in [0.2, 0.25) is 0 Å². The summed E-state index contributed by atoms with van der Waals surface area (Å²) < 4.78 is 44.1. The number of aryl methyl sites for hydroxylation is 1. The van der Waals surface area contributed by atoms with E-state index >= 15 is 0 Å². The first-order valence-electron chi connectivity index (χ1n) is 11.8. The molecule has 0 saturated heterocycles. The molecular formula is C26H30F2N4O3. The van der Waals surface area contributed by atoms with Crippen molar-refractivity contribution in [3.8, 4) is 11.3 Å². The second kappa shape index (κ2) is 8.19. The normalized spacial score (nSPS) is 16.8. The molecule has 1 aromatic carbocycles. The molecule has 0 radical (unpaired) electrons. The Bertz CT molecular complexity index is 1280. The summed E-state index contributed by atoms with van der Waals surface area (Å²) >= 11 is 0. The van der Waals surface area contributed by atoms with Gasteiger partial charge in [0.15, 0.2) is 0 Å². The maximum Gasteiger partial charge on any atom is 0.419 e. The first-order chi connectivity index (χ1) is 16.5. The highest BCUT2D eigenvalue weighted by Crippen LogP contribution is 2.49. The molecular weight excluding hydrogens is 454 g/mol. The minimum atomic E-state index is -0.759. The van der Waals surface area contributed by atoms with Crippen molar-refractivity contribution in [1.29, 1.82) is 0 Å². The van der Waals surface area contributed by atoms with Crippen molar-refractivity contribution in [1.82, 2.24) is 14.3 Å². The van der Waals surface area contributed by atoms with Crippen molar-refractivity contribution in [2.75, 3.05) is 18.6 Å². The van der Waals surface area contributed by atoms with Crippen molar-refractivity contribution in [3.63, 3.8) is 0 Å². The molecule has 7 nitrogen and oxygen atoms in total. The Morgan fingerprint density at radius 1 is 1.14 bits per heavy atom. The van der Waals surface area contributed by atoms with E-state index in [4.69, 9.17) is 9.47 Å². The summed E-state index contributed by atoms with van der Waals surface area (Å²) in [6.07, 6.45) is 1.74. The third-order valence-corrected chi connectivity index (χ3v) is 6.71. The van der Waals surface area contributed by atoms with Gasteiger partial charge in [-0.15, -0.1) is 0 Å². The zero-order valence-corrected chi connectivity index (χ0v) is 20.7. The molecule has 0 amide bonds. The minimum Gasteiger partial charge on any atom is -0.443 e. The monoisotopic (exact) mass is 484 g/mol. The largest absolute Gasteiger partial charge is 0.443 e. The number of aromatic nitrogens is 3. The summed E-state index contributed by atoms with van der Waals surface area (Å²) in [4.78, 5) is 15.4. The Balaban J connectivity index is 1.55. The van der Waals surface area contributed by atoms with Crippen LogP contribution in [-0.2, 0) is 35.1 Å². The van der Waals surface area contributed by atoms with Crippen molar-refractivity contribution >= 4 is 11.9 Å². The molecule has 1 saturated carbocycles. The zero-order chi connectivity index (χ0) is 25.1. The predicted molar refractivity (Wildman–Crippen MR) is 127 cm³/mol. The SMILES string of the molecule is COC1(c2cc(N3CCc4c(cc(-c5c(F)cccc5F)n4C(=O)OC(C)(C)C)C3)n(C)n2)CC1. The van der Waals surface area contributed by atoms with Gasteiger partial charge in [-0.1, -0.05) is 6.07 Å². The Kier molecular flexibility index (Phi) is 5.51.